The quantitative estimate of drug-likeness (QED) is 0.759. The molecule has 0 heterocycles. The smallest absolute Gasteiger partial charge is 0.0334 e. The lowest BCUT2D eigenvalue weighted by molar-refractivity contribution is 0.0133. The van der Waals surface area contributed by atoms with Gasteiger partial charge in [-0.05, 0) is 43.6 Å². The minimum absolute atomic E-state index is 0.281. The van der Waals surface area contributed by atoms with E-state index in [1.807, 2.05) is 0 Å². The van der Waals surface area contributed by atoms with Crippen LogP contribution in [-0.2, 0) is 0 Å². The minimum Gasteiger partial charge on any atom is -0.329 e. The maximum atomic E-state index is 6.24. The van der Waals surface area contributed by atoms with Gasteiger partial charge in [-0.3, -0.25) is 4.90 Å². The highest BCUT2D eigenvalue weighted by molar-refractivity contribution is 4.97. The van der Waals surface area contributed by atoms with Crippen LogP contribution in [0.25, 0.3) is 0 Å². The van der Waals surface area contributed by atoms with Crippen LogP contribution in [-0.4, -0.2) is 30.1 Å². The topological polar surface area (TPSA) is 29.3 Å². The lowest BCUT2D eigenvalue weighted by Gasteiger charge is -2.50. The summed E-state index contributed by atoms with van der Waals surface area (Å²) in [5, 5.41) is 0. The number of hydrogen-bond acceptors (Lipinski definition) is 2. The molecule has 3 unspecified atom stereocenters. The van der Waals surface area contributed by atoms with E-state index in [4.69, 9.17) is 5.73 Å². The molecule has 2 N–H and O–H groups in total. The third-order valence-electron chi connectivity index (χ3n) is 5.80. The second-order valence-electron chi connectivity index (χ2n) is 6.85. The van der Waals surface area contributed by atoms with Gasteiger partial charge in [-0.15, -0.1) is 0 Å². The Morgan fingerprint density at radius 1 is 1.16 bits per heavy atom. The van der Waals surface area contributed by atoms with Crippen molar-refractivity contribution in [2.24, 2.45) is 23.5 Å². The van der Waals surface area contributed by atoms with E-state index in [0.717, 1.165) is 30.8 Å². The summed E-state index contributed by atoms with van der Waals surface area (Å²) < 4.78 is 0. The van der Waals surface area contributed by atoms with Gasteiger partial charge in [0.2, 0.25) is 0 Å². The van der Waals surface area contributed by atoms with Crippen LogP contribution in [0.15, 0.2) is 0 Å². The minimum atomic E-state index is 0.281. The normalized spacial score (nSPS) is 32.2. The summed E-state index contributed by atoms with van der Waals surface area (Å²) in [6.45, 7) is 15.0. The van der Waals surface area contributed by atoms with Gasteiger partial charge in [0.05, 0.1) is 0 Å². The fourth-order valence-corrected chi connectivity index (χ4v) is 3.80. The van der Waals surface area contributed by atoms with Crippen molar-refractivity contribution in [3.8, 4) is 0 Å². The highest BCUT2D eigenvalue weighted by Gasteiger charge is 2.40. The average Bonchev–Trinajstić information content (AvgIpc) is 2.44. The zero-order valence-electron chi connectivity index (χ0n) is 13.9. The van der Waals surface area contributed by atoms with Crippen molar-refractivity contribution >= 4 is 0 Å². The highest BCUT2D eigenvalue weighted by Crippen LogP contribution is 2.39. The zero-order chi connectivity index (χ0) is 14.5. The fourth-order valence-electron chi connectivity index (χ4n) is 3.80. The fraction of sp³-hybridized carbons (Fsp3) is 1.00. The van der Waals surface area contributed by atoms with Crippen LogP contribution in [0.4, 0.5) is 0 Å². The molecule has 0 saturated heterocycles. The van der Waals surface area contributed by atoms with Crippen LogP contribution in [0.2, 0.25) is 0 Å². The maximum Gasteiger partial charge on any atom is 0.0334 e. The van der Waals surface area contributed by atoms with E-state index < -0.39 is 0 Å². The van der Waals surface area contributed by atoms with Gasteiger partial charge in [0, 0.05) is 18.6 Å². The summed E-state index contributed by atoms with van der Waals surface area (Å²) in [6, 6.07) is 0. The van der Waals surface area contributed by atoms with Crippen LogP contribution < -0.4 is 5.73 Å². The first-order valence-corrected chi connectivity index (χ1v) is 8.48. The Morgan fingerprint density at radius 2 is 1.79 bits per heavy atom. The Hall–Kier alpha value is -0.0800. The molecule has 0 aliphatic heterocycles. The molecule has 0 aromatic heterocycles. The maximum absolute atomic E-state index is 6.24. The van der Waals surface area contributed by atoms with E-state index >= 15 is 0 Å². The van der Waals surface area contributed by atoms with Gasteiger partial charge in [-0.1, -0.05) is 47.5 Å². The summed E-state index contributed by atoms with van der Waals surface area (Å²) >= 11 is 0. The molecular weight excluding hydrogens is 232 g/mol. The second-order valence-corrected chi connectivity index (χ2v) is 6.85. The molecule has 3 atom stereocenters. The molecule has 1 fully saturated rings. The van der Waals surface area contributed by atoms with Gasteiger partial charge >= 0.3 is 0 Å². The molecule has 114 valence electrons. The molecule has 0 aromatic rings. The van der Waals surface area contributed by atoms with Crippen molar-refractivity contribution < 1.29 is 0 Å². The summed E-state index contributed by atoms with van der Waals surface area (Å²) in [5.41, 5.74) is 6.52. The molecule has 1 aliphatic rings. The molecule has 19 heavy (non-hydrogen) atoms. The van der Waals surface area contributed by atoms with E-state index in [1.54, 1.807) is 0 Å². The van der Waals surface area contributed by atoms with Gasteiger partial charge in [0.15, 0.2) is 0 Å². The Balaban J connectivity index is 2.79. The second kappa shape index (κ2) is 7.64. The summed E-state index contributed by atoms with van der Waals surface area (Å²) in [7, 11) is 0. The molecule has 2 nitrogen and oxygen atoms in total. The predicted octanol–water partition coefficient (Wildman–Crippen LogP) is 3.90. The van der Waals surface area contributed by atoms with Crippen LogP contribution >= 0.6 is 0 Å². The van der Waals surface area contributed by atoms with Crippen molar-refractivity contribution in [1.29, 1.82) is 0 Å². The molecular formula is C17H36N2. The van der Waals surface area contributed by atoms with Crippen molar-refractivity contribution in [3.63, 3.8) is 0 Å². The molecule has 2 heteroatoms. The third-order valence-corrected chi connectivity index (χ3v) is 5.80. The zero-order valence-corrected chi connectivity index (χ0v) is 13.9. The summed E-state index contributed by atoms with van der Waals surface area (Å²) in [5.74, 6) is 2.51. The van der Waals surface area contributed by atoms with Crippen LogP contribution in [0.1, 0.15) is 66.7 Å². The number of nitrogens with zero attached hydrogens (tertiary/aromatic N) is 1. The van der Waals surface area contributed by atoms with E-state index in [1.165, 1.54) is 38.6 Å². The Kier molecular flexibility index (Phi) is 6.82. The summed E-state index contributed by atoms with van der Waals surface area (Å²) in [4.78, 5) is 2.72. The SMILES string of the molecule is CCC(CC)CN(CC)C1(CN)CCC(C)C(C)C1. The van der Waals surface area contributed by atoms with Crippen molar-refractivity contribution in [2.75, 3.05) is 19.6 Å². The van der Waals surface area contributed by atoms with Gasteiger partial charge in [0.1, 0.15) is 0 Å². The van der Waals surface area contributed by atoms with E-state index in [2.05, 4.69) is 39.5 Å². The monoisotopic (exact) mass is 268 g/mol. The highest BCUT2D eigenvalue weighted by atomic mass is 15.2. The van der Waals surface area contributed by atoms with E-state index in [-0.39, 0.29) is 5.54 Å². The number of hydrogen-bond donors (Lipinski definition) is 1. The van der Waals surface area contributed by atoms with E-state index in [9.17, 15) is 0 Å². The van der Waals surface area contributed by atoms with Crippen molar-refractivity contribution in [1.82, 2.24) is 4.90 Å². The van der Waals surface area contributed by atoms with Gasteiger partial charge < -0.3 is 5.73 Å². The first kappa shape index (κ1) is 17.0. The standard InChI is InChI=1S/C17H36N2/c1-6-16(7-2)12-19(8-3)17(13-18)10-9-14(4)15(5)11-17/h14-16H,6-13,18H2,1-5H3. The predicted molar refractivity (Wildman–Crippen MR) is 85.3 cm³/mol. The molecule has 0 spiro atoms. The molecule has 0 amide bonds. The van der Waals surface area contributed by atoms with Crippen LogP contribution in [0, 0.1) is 17.8 Å². The lowest BCUT2D eigenvalue weighted by atomic mass is 9.70. The number of nitrogens with two attached hydrogens (primary N) is 1. The van der Waals surface area contributed by atoms with Gasteiger partial charge in [-0.25, -0.2) is 0 Å². The van der Waals surface area contributed by atoms with E-state index in [0.29, 0.717) is 0 Å². The Morgan fingerprint density at radius 3 is 2.21 bits per heavy atom. The molecule has 1 aliphatic carbocycles. The first-order chi connectivity index (χ1) is 9.02. The summed E-state index contributed by atoms with van der Waals surface area (Å²) in [6.07, 6.45) is 6.51. The first-order valence-electron chi connectivity index (χ1n) is 8.48. The Labute approximate surface area is 121 Å². The number of rotatable bonds is 7. The molecule has 0 radical (unpaired) electrons. The number of likely N-dealkylation sites (N-methyl/N-ethyl adjacent to an activating group) is 1. The third kappa shape index (κ3) is 3.95. The van der Waals surface area contributed by atoms with Crippen LogP contribution in [0.3, 0.4) is 0 Å². The van der Waals surface area contributed by atoms with Gasteiger partial charge in [0.25, 0.3) is 0 Å². The van der Waals surface area contributed by atoms with Gasteiger partial charge in [-0.2, -0.15) is 0 Å². The van der Waals surface area contributed by atoms with Crippen molar-refractivity contribution in [3.05, 3.63) is 0 Å². The molecule has 0 aromatic carbocycles. The van der Waals surface area contributed by atoms with Crippen LogP contribution in [0.5, 0.6) is 0 Å². The molecule has 0 bridgehead atoms. The molecule has 1 saturated carbocycles. The molecule has 1 rings (SSSR count). The van der Waals surface area contributed by atoms with Crippen molar-refractivity contribution in [2.45, 2.75) is 72.3 Å². The average molecular weight is 268 g/mol. The Bertz CT molecular complexity index is 250. The largest absolute Gasteiger partial charge is 0.329 e. The lowest BCUT2D eigenvalue weighted by Crippen LogP contribution is -2.58.